The lowest BCUT2D eigenvalue weighted by Crippen LogP contribution is -2.39. The second kappa shape index (κ2) is 5.77. The highest BCUT2D eigenvalue weighted by atomic mass is 19.3. The number of benzene rings is 1. The smallest absolute Gasteiger partial charge is 0.314 e. The molecular weight excluding hydrogens is 266 g/mol. The molecular formula is C15H18F2O3. The normalized spacial score (nSPS) is 18.0. The second-order valence-corrected chi connectivity index (χ2v) is 5.17. The average Bonchev–Trinajstić information content (AvgIpc) is 2.46. The molecule has 2 rings (SSSR count). The Bertz CT molecular complexity index is 494. The van der Waals surface area contributed by atoms with E-state index in [2.05, 4.69) is 0 Å². The van der Waals surface area contributed by atoms with Gasteiger partial charge >= 0.3 is 5.97 Å². The molecule has 0 atom stereocenters. The Morgan fingerprint density at radius 1 is 1.30 bits per heavy atom. The first-order chi connectivity index (χ1) is 9.53. The average molecular weight is 284 g/mol. The zero-order chi connectivity index (χ0) is 14.8. The van der Waals surface area contributed by atoms with Gasteiger partial charge in [-0.25, -0.2) is 8.78 Å². The maximum absolute atomic E-state index is 13.3. The molecule has 1 N–H and O–H groups in total. The quantitative estimate of drug-likeness (QED) is 0.911. The summed E-state index contributed by atoms with van der Waals surface area (Å²) in [6, 6.07) is 4.32. The van der Waals surface area contributed by atoms with E-state index in [0.717, 1.165) is 19.3 Å². The number of ether oxygens (including phenoxy) is 1. The van der Waals surface area contributed by atoms with Crippen LogP contribution in [0.3, 0.4) is 0 Å². The van der Waals surface area contributed by atoms with Crippen LogP contribution in [0.4, 0.5) is 8.78 Å². The van der Waals surface area contributed by atoms with Crippen molar-refractivity contribution in [1.82, 2.24) is 0 Å². The van der Waals surface area contributed by atoms with Crippen molar-refractivity contribution >= 4 is 5.97 Å². The van der Waals surface area contributed by atoms with E-state index in [0.29, 0.717) is 12.8 Å². The highest BCUT2D eigenvalue weighted by Crippen LogP contribution is 2.47. The van der Waals surface area contributed by atoms with E-state index in [9.17, 15) is 18.7 Å². The lowest BCUT2D eigenvalue weighted by molar-refractivity contribution is -0.145. The Labute approximate surface area is 116 Å². The van der Waals surface area contributed by atoms with Crippen LogP contribution in [-0.4, -0.2) is 18.2 Å². The zero-order valence-corrected chi connectivity index (χ0v) is 11.4. The summed E-state index contributed by atoms with van der Waals surface area (Å²) in [6.07, 6.45) is 0.442. The lowest BCUT2D eigenvalue weighted by atomic mass is 9.67. The van der Waals surface area contributed by atoms with Crippen molar-refractivity contribution in [2.24, 2.45) is 0 Å². The predicted octanol–water partition coefficient (Wildman–Crippen LogP) is 3.92. The van der Waals surface area contributed by atoms with Gasteiger partial charge in [0.25, 0.3) is 6.43 Å². The Morgan fingerprint density at radius 2 is 1.95 bits per heavy atom. The molecule has 0 aliphatic heterocycles. The molecule has 1 aliphatic rings. The van der Waals surface area contributed by atoms with E-state index in [4.69, 9.17) is 4.74 Å². The molecule has 5 heteroatoms. The summed E-state index contributed by atoms with van der Waals surface area (Å²) in [4.78, 5) is 11.8. The number of hydrogen-bond acceptors (Lipinski definition) is 2. The van der Waals surface area contributed by atoms with Gasteiger partial charge in [0, 0.05) is 11.1 Å². The van der Waals surface area contributed by atoms with Crippen LogP contribution in [0.2, 0.25) is 0 Å². The number of alkyl halides is 2. The van der Waals surface area contributed by atoms with Gasteiger partial charge in [-0.2, -0.15) is 0 Å². The zero-order valence-electron chi connectivity index (χ0n) is 11.4. The molecule has 110 valence electrons. The van der Waals surface area contributed by atoms with Crippen LogP contribution in [0.5, 0.6) is 5.75 Å². The number of carbonyl (C=O) groups is 1. The molecule has 1 saturated carbocycles. The lowest BCUT2D eigenvalue weighted by Gasteiger charge is -2.36. The van der Waals surface area contributed by atoms with Crippen LogP contribution < -0.4 is 4.74 Å². The van der Waals surface area contributed by atoms with E-state index < -0.39 is 17.8 Å². The van der Waals surface area contributed by atoms with Crippen LogP contribution in [0.15, 0.2) is 18.2 Å². The van der Waals surface area contributed by atoms with Crippen LogP contribution in [0, 0.1) is 0 Å². The molecule has 3 nitrogen and oxygen atoms in total. The first-order valence-electron chi connectivity index (χ1n) is 6.72. The number of halogens is 2. The first kappa shape index (κ1) is 14.8. The van der Waals surface area contributed by atoms with Crippen molar-refractivity contribution in [2.45, 2.75) is 43.9 Å². The van der Waals surface area contributed by atoms with Crippen molar-refractivity contribution in [1.29, 1.82) is 0 Å². The third-order valence-electron chi connectivity index (χ3n) is 4.11. The molecule has 1 aromatic carbocycles. The number of hydrogen-bond donors (Lipinski definition) is 1. The minimum atomic E-state index is -2.71. The third-order valence-corrected chi connectivity index (χ3v) is 4.11. The van der Waals surface area contributed by atoms with Gasteiger partial charge in [-0.3, -0.25) is 4.79 Å². The summed E-state index contributed by atoms with van der Waals surface area (Å²) in [5, 5.41) is 9.67. The number of carboxylic acids is 1. The van der Waals surface area contributed by atoms with Gasteiger partial charge in [-0.15, -0.1) is 0 Å². The van der Waals surface area contributed by atoms with Crippen molar-refractivity contribution < 1.29 is 23.4 Å². The standard InChI is InChI=1S/C15H18F2O3/c1-20-11-7-5-6-10(13(16)17)12(11)15(14(18)19)8-3-2-4-9-15/h5-7,13H,2-4,8-9H2,1H3,(H,18,19). The highest BCUT2D eigenvalue weighted by Gasteiger charge is 2.45. The number of methoxy groups -OCH3 is 1. The molecule has 1 aromatic rings. The van der Waals surface area contributed by atoms with Gasteiger partial charge in [0.2, 0.25) is 0 Å². The molecule has 0 radical (unpaired) electrons. The Balaban J connectivity index is 2.66. The highest BCUT2D eigenvalue weighted by molar-refractivity contribution is 5.83. The maximum Gasteiger partial charge on any atom is 0.314 e. The summed E-state index contributed by atoms with van der Waals surface area (Å²) in [5.41, 5.74) is -1.32. The summed E-state index contributed by atoms with van der Waals surface area (Å²) < 4.78 is 31.7. The first-order valence-corrected chi connectivity index (χ1v) is 6.72. The monoisotopic (exact) mass is 284 g/mol. The number of aliphatic carboxylic acids is 1. The molecule has 0 heterocycles. The fraction of sp³-hybridized carbons (Fsp3) is 0.533. The molecule has 0 unspecified atom stereocenters. The van der Waals surface area contributed by atoms with Crippen LogP contribution in [-0.2, 0) is 10.2 Å². The van der Waals surface area contributed by atoms with Gasteiger partial charge in [0.1, 0.15) is 5.75 Å². The summed E-state index contributed by atoms with van der Waals surface area (Å²) in [7, 11) is 1.38. The van der Waals surface area contributed by atoms with E-state index in [1.807, 2.05) is 0 Å². The van der Waals surface area contributed by atoms with Gasteiger partial charge < -0.3 is 9.84 Å². The van der Waals surface area contributed by atoms with Crippen molar-refractivity contribution in [3.63, 3.8) is 0 Å². The largest absolute Gasteiger partial charge is 0.496 e. The fourth-order valence-electron chi connectivity index (χ4n) is 3.14. The number of carboxylic acid groups (broad SMARTS) is 1. The predicted molar refractivity (Wildman–Crippen MR) is 70.3 cm³/mol. The van der Waals surface area contributed by atoms with E-state index in [1.165, 1.54) is 19.2 Å². The molecule has 0 aromatic heterocycles. The second-order valence-electron chi connectivity index (χ2n) is 5.17. The third kappa shape index (κ3) is 2.37. The van der Waals surface area contributed by atoms with Crippen LogP contribution in [0.1, 0.15) is 49.7 Å². The Kier molecular flexibility index (Phi) is 4.26. The minimum Gasteiger partial charge on any atom is -0.496 e. The van der Waals surface area contributed by atoms with Gasteiger partial charge in [-0.05, 0) is 18.9 Å². The van der Waals surface area contributed by atoms with E-state index in [1.54, 1.807) is 6.07 Å². The fourth-order valence-corrected chi connectivity index (χ4v) is 3.14. The van der Waals surface area contributed by atoms with Gasteiger partial charge in [0.05, 0.1) is 12.5 Å². The van der Waals surface area contributed by atoms with Crippen LogP contribution in [0.25, 0.3) is 0 Å². The van der Waals surface area contributed by atoms with Crippen molar-refractivity contribution in [3.8, 4) is 5.75 Å². The molecule has 1 fully saturated rings. The molecule has 0 bridgehead atoms. The summed E-state index contributed by atoms with van der Waals surface area (Å²) in [5.74, 6) is -0.796. The Morgan fingerprint density at radius 3 is 2.45 bits per heavy atom. The molecule has 0 saturated heterocycles. The molecule has 0 amide bonds. The van der Waals surface area contributed by atoms with Crippen LogP contribution >= 0.6 is 0 Å². The maximum atomic E-state index is 13.3. The summed E-state index contributed by atoms with van der Waals surface area (Å²) >= 11 is 0. The van der Waals surface area contributed by atoms with E-state index >= 15 is 0 Å². The van der Waals surface area contributed by atoms with Crippen molar-refractivity contribution in [2.75, 3.05) is 7.11 Å². The molecule has 1 aliphatic carbocycles. The molecule has 20 heavy (non-hydrogen) atoms. The molecule has 0 spiro atoms. The van der Waals surface area contributed by atoms with Crippen molar-refractivity contribution in [3.05, 3.63) is 29.3 Å². The minimum absolute atomic E-state index is 0.157. The van der Waals surface area contributed by atoms with Gasteiger partial charge in [-0.1, -0.05) is 31.4 Å². The van der Waals surface area contributed by atoms with E-state index in [-0.39, 0.29) is 16.9 Å². The Hall–Kier alpha value is -1.65. The number of rotatable bonds is 4. The van der Waals surface area contributed by atoms with Gasteiger partial charge in [0.15, 0.2) is 0 Å². The topological polar surface area (TPSA) is 46.5 Å². The summed E-state index contributed by atoms with van der Waals surface area (Å²) in [6.45, 7) is 0. The SMILES string of the molecule is COc1cccc(C(F)F)c1C1(C(=O)O)CCCCC1.